The van der Waals surface area contributed by atoms with Crippen molar-refractivity contribution in [2.24, 2.45) is 0 Å². The van der Waals surface area contributed by atoms with Crippen molar-refractivity contribution >= 4 is 17.4 Å². The van der Waals surface area contributed by atoms with Crippen LogP contribution >= 0.6 is 11.6 Å². The lowest BCUT2D eigenvalue weighted by molar-refractivity contribution is 0.482. The summed E-state index contributed by atoms with van der Waals surface area (Å²) >= 11 is 6.02. The molecular weight excluding hydrogens is 210 g/mol. The van der Waals surface area contributed by atoms with Crippen LogP contribution in [0.4, 0.5) is 5.82 Å². The summed E-state index contributed by atoms with van der Waals surface area (Å²) in [5.74, 6) is 0.985. The van der Waals surface area contributed by atoms with E-state index in [-0.39, 0.29) is 0 Å². The Morgan fingerprint density at radius 1 is 1.53 bits per heavy atom. The second-order valence-corrected chi connectivity index (χ2v) is 4.44. The van der Waals surface area contributed by atoms with E-state index in [2.05, 4.69) is 22.1 Å². The topological polar surface area (TPSA) is 28.2 Å². The van der Waals surface area contributed by atoms with Crippen LogP contribution in [0.1, 0.15) is 12.5 Å². The molecule has 0 amide bonds. The monoisotopic (exact) mass is 225 g/mol. The molecule has 1 atom stereocenters. The Kier molecular flexibility index (Phi) is 3.12. The highest BCUT2D eigenvalue weighted by Crippen LogP contribution is 2.19. The molecule has 0 spiro atoms. The van der Waals surface area contributed by atoms with Gasteiger partial charge >= 0.3 is 0 Å². The maximum atomic E-state index is 6.02. The summed E-state index contributed by atoms with van der Waals surface area (Å²) in [4.78, 5) is 6.66. The molecule has 1 fully saturated rings. The van der Waals surface area contributed by atoms with Crippen molar-refractivity contribution in [2.45, 2.75) is 19.9 Å². The lowest BCUT2D eigenvalue weighted by atomic mass is 10.2. The Labute approximate surface area is 95.4 Å². The lowest BCUT2D eigenvalue weighted by Crippen LogP contribution is -2.49. The number of anilines is 1. The Balaban J connectivity index is 2.18. The highest BCUT2D eigenvalue weighted by Gasteiger charge is 2.17. The Morgan fingerprint density at radius 2 is 2.33 bits per heavy atom. The quantitative estimate of drug-likeness (QED) is 0.740. The SMILES string of the molecule is Cc1ccc(N2CCNC(C)C2)nc1Cl. The van der Waals surface area contributed by atoms with Gasteiger partial charge in [0.2, 0.25) is 0 Å². The van der Waals surface area contributed by atoms with Crippen molar-refractivity contribution in [1.29, 1.82) is 0 Å². The molecule has 0 aliphatic carbocycles. The zero-order chi connectivity index (χ0) is 10.8. The molecule has 1 N–H and O–H groups in total. The van der Waals surface area contributed by atoms with Gasteiger partial charge < -0.3 is 10.2 Å². The smallest absolute Gasteiger partial charge is 0.134 e. The summed E-state index contributed by atoms with van der Waals surface area (Å²) < 4.78 is 0. The first-order valence-corrected chi connectivity index (χ1v) is 5.66. The second kappa shape index (κ2) is 4.37. The van der Waals surface area contributed by atoms with E-state index in [1.54, 1.807) is 0 Å². The van der Waals surface area contributed by atoms with Crippen LogP contribution in [0, 0.1) is 6.92 Å². The minimum atomic E-state index is 0.514. The summed E-state index contributed by atoms with van der Waals surface area (Å²) in [5, 5.41) is 4.02. The average Bonchev–Trinajstić information content (AvgIpc) is 2.22. The number of halogens is 1. The molecule has 4 heteroatoms. The fourth-order valence-electron chi connectivity index (χ4n) is 1.81. The van der Waals surface area contributed by atoms with Gasteiger partial charge in [-0.15, -0.1) is 0 Å². The molecule has 1 aromatic heterocycles. The van der Waals surface area contributed by atoms with E-state index < -0.39 is 0 Å². The van der Waals surface area contributed by atoms with Crippen LogP contribution in [0.2, 0.25) is 5.15 Å². The third-order valence-electron chi connectivity index (χ3n) is 2.71. The second-order valence-electron chi connectivity index (χ2n) is 4.08. The molecular formula is C11H16ClN3. The summed E-state index contributed by atoms with van der Waals surface area (Å²) in [5.41, 5.74) is 1.03. The zero-order valence-corrected chi connectivity index (χ0v) is 9.88. The third kappa shape index (κ3) is 2.41. The minimum absolute atomic E-state index is 0.514. The normalized spacial score (nSPS) is 21.8. The number of hydrogen-bond acceptors (Lipinski definition) is 3. The molecule has 2 rings (SSSR count). The number of nitrogens with one attached hydrogen (secondary N) is 1. The van der Waals surface area contributed by atoms with Crippen molar-refractivity contribution in [3.8, 4) is 0 Å². The molecule has 1 saturated heterocycles. The Bertz CT molecular complexity index is 354. The van der Waals surface area contributed by atoms with Gasteiger partial charge in [0.1, 0.15) is 11.0 Å². The van der Waals surface area contributed by atoms with Crippen LogP contribution in [0.25, 0.3) is 0 Å². The number of pyridine rings is 1. The van der Waals surface area contributed by atoms with Crippen LogP contribution in [-0.2, 0) is 0 Å². The molecule has 0 bridgehead atoms. The van der Waals surface area contributed by atoms with E-state index in [0.717, 1.165) is 31.0 Å². The number of piperazine rings is 1. The van der Waals surface area contributed by atoms with Gasteiger partial charge in [0, 0.05) is 25.7 Å². The number of hydrogen-bond donors (Lipinski definition) is 1. The molecule has 1 aromatic rings. The van der Waals surface area contributed by atoms with Crippen LogP contribution in [-0.4, -0.2) is 30.7 Å². The van der Waals surface area contributed by atoms with Gasteiger partial charge in [-0.2, -0.15) is 0 Å². The molecule has 0 aromatic carbocycles. The van der Waals surface area contributed by atoms with Crippen LogP contribution in [0.3, 0.4) is 0 Å². The molecule has 1 unspecified atom stereocenters. The maximum absolute atomic E-state index is 6.02. The first-order chi connectivity index (χ1) is 7.16. The fraction of sp³-hybridized carbons (Fsp3) is 0.545. The number of aryl methyl sites for hydroxylation is 1. The molecule has 0 radical (unpaired) electrons. The predicted octanol–water partition coefficient (Wildman–Crippen LogP) is 1.84. The van der Waals surface area contributed by atoms with Gasteiger partial charge in [-0.3, -0.25) is 0 Å². The molecule has 1 aliphatic heterocycles. The van der Waals surface area contributed by atoms with Crippen LogP contribution in [0.15, 0.2) is 12.1 Å². The highest BCUT2D eigenvalue weighted by atomic mass is 35.5. The van der Waals surface area contributed by atoms with Crippen LogP contribution < -0.4 is 10.2 Å². The van der Waals surface area contributed by atoms with Crippen molar-refractivity contribution in [1.82, 2.24) is 10.3 Å². The van der Waals surface area contributed by atoms with E-state index in [4.69, 9.17) is 11.6 Å². The largest absolute Gasteiger partial charge is 0.354 e. The van der Waals surface area contributed by atoms with Gasteiger partial charge in [0.25, 0.3) is 0 Å². The molecule has 15 heavy (non-hydrogen) atoms. The Morgan fingerprint density at radius 3 is 3.00 bits per heavy atom. The molecule has 3 nitrogen and oxygen atoms in total. The Hall–Kier alpha value is -0.800. The van der Waals surface area contributed by atoms with E-state index in [0.29, 0.717) is 11.2 Å². The standard InChI is InChI=1S/C11H16ClN3/c1-8-3-4-10(14-11(8)12)15-6-5-13-9(2)7-15/h3-4,9,13H,5-7H2,1-2H3. The predicted molar refractivity (Wildman–Crippen MR) is 63.7 cm³/mol. The van der Waals surface area contributed by atoms with Gasteiger partial charge in [-0.25, -0.2) is 4.98 Å². The van der Waals surface area contributed by atoms with Gasteiger partial charge in [-0.1, -0.05) is 17.7 Å². The number of aromatic nitrogens is 1. The molecule has 1 aliphatic rings. The van der Waals surface area contributed by atoms with Crippen molar-refractivity contribution in [3.05, 3.63) is 22.8 Å². The lowest BCUT2D eigenvalue weighted by Gasteiger charge is -2.32. The van der Waals surface area contributed by atoms with Crippen LogP contribution in [0.5, 0.6) is 0 Å². The van der Waals surface area contributed by atoms with E-state index in [1.807, 2.05) is 19.1 Å². The van der Waals surface area contributed by atoms with Gasteiger partial charge in [-0.05, 0) is 25.5 Å². The van der Waals surface area contributed by atoms with Gasteiger partial charge in [0.15, 0.2) is 0 Å². The summed E-state index contributed by atoms with van der Waals surface area (Å²) in [6.07, 6.45) is 0. The fourth-order valence-corrected chi connectivity index (χ4v) is 1.96. The van der Waals surface area contributed by atoms with E-state index in [1.165, 1.54) is 0 Å². The van der Waals surface area contributed by atoms with Crippen molar-refractivity contribution < 1.29 is 0 Å². The first kappa shape index (κ1) is 10.7. The van der Waals surface area contributed by atoms with Crippen molar-refractivity contribution in [2.75, 3.05) is 24.5 Å². The highest BCUT2D eigenvalue weighted by molar-refractivity contribution is 6.30. The minimum Gasteiger partial charge on any atom is -0.354 e. The summed E-state index contributed by atoms with van der Waals surface area (Å²) in [6.45, 7) is 7.15. The number of rotatable bonds is 1. The third-order valence-corrected chi connectivity index (χ3v) is 3.10. The summed E-state index contributed by atoms with van der Waals surface area (Å²) in [6, 6.07) is 4.58. The molecule has 0 saturated carbocycles. The van der Waals surface area contributed by atoms with E-state index >= 15 is 0 Å². The van der Waals surface area contributed by atoms with Crippen molar-refractivity contribution in [3.63, 3.8) is 0 Å². The first-order valence-electron chi connectivity index (χ1n) is 5.28. The van der Waals surface area contributed by atoms with E-state index in [9.17, 15) is 0 Å². The maximum Gasteiger partial charge on any atom is 0.134 e. The zero-order valence-electron chi connectivity index (χ0n) is 9.13. The molecule has 82 valence electrons. The van der Waals surface area contributed by atoms with Gasteiger partial charge in [0.05, 0.1) is 0 Å². The molecule has 2 heterocycles. The summed E-state index contributed by atoms with van der Waals surface area (Å²) in [7, 11) is 0. The average molecular weight is 226 g/mol. The number of nitrogens with zero attached hydrogens (tertiary/aromatic N) is 2.